The van der Waals surface area contributed by atoms with Gasteiger partial charge < -0.3 is 5.73 Å². The second-order valence-corrected chi connectivity index (χ2v) is 9.73. The maximum Gasteiger partial charge on any atom is 0.259 e. The molecule has 2 N–H and O–H groups in total. The highest BCUT2D eigenvalue weighted by molar-refractivity contribution is 7.89. The number of halogens is 1. The number of amides is 1. The van der Waals surface area contributed by atoms with Crippen molar-refractivity contribution < 1.29 is 17.6 Å². The number of hydrogen-bond donors (Lipinski definition) is 1. The van der Waals surface area contributed by atoms with Crippen molar-refractivity contribution in [1.82, 2.24) is 9.29 Å². The summed E-state index contributed by atoms with van der Waals surface area (Å²) in [7, 11) is -3.76. The molecule has 3 heterocycles. The van der Waals surface area contributed by atoms with Crippen molar-refractivity contribution in [2.75, 3.05) is 13.1 Å². The van der Waals surface area contributed by atoms with E-state index in [1.54, 1.807) is 19.2 Å². The van der Waals surface area contributed by atoms with E-state index in [0.717, 1.165) is 17.0 Å². The zero-order valence-electron chi connectivity index (χ0n) is 15.1. The van der Waals surface area contributed by atoms with Gasteiger partial charge in [-0.25, -0.2) is 17.8 Å². The predicted molar refractivity (Wildman–Crippen MR) is 105 cm³/mol. The van der Waals surface area contributed by atoms with E-state index in [2.05, 4.69) is 4.98 Å². The number of thiophene rings is 1. The number of primary amides is 1. The first-order valence-corrected chi connectivity index (χ1v) is 11.0. The van der Waals surface area contributed by atoms with Crippen LogP contribution in [-0.2, 0) is 10.0 Å². The molecule has 0 unspecified atom stereocenters. The van der Waals surface area contributed by atoms with Crippen LogP contribution in [0.5, 0.6) is 0 Å². The van der Waals surface area contributed by atoms with Crippen LogP contribution in [0.3, 0.4) is 0 Å². The molecule has 1 amide bonds. The molecule has 0 saturated carbocycles. The molecule has 146 valence electrons. The van der Waals surface area contributed by atoms with Gasteiger partial charge in [-0.3, -0.25) is 4.79 Å². The monoisotopic (exact) mass is 419 g/mol. The Bertz CT molecular complexity index is 1190. The van der Waals surface area contributed by atoms with Gasteiger partial charge in [-0.15, -0.1) is 11.3 Å². The van der Waals surface area contributed by atoms with Crippen molar-refractivity contribution in [1.29, 1.82) is 0 Å². The molecule has 9 heteroatoms. The Labute approximate surface area is 165 Å². The topological polar surface area (TPSA) is 93.4 Å². The third-order valence-electron chi connectivity index (χ3n) is 5.04. The average Bonchev–Trinajstić information content (AvgIpc) is 3.26. The van der Waals surface area contributed by atoms with Gasteiger partial charge >= 0.3 is 0 Å². The normalized spacial score (nSPS) is 18.0. The lowest BCUT2D eigenvalue weighted by Crippen LogP contribution is -2.29. The molecule has 6 nitrogen and oxygen atoms in total. The molecule has 1 fully saturated rings. The average molecular weight is 420 g/mol. The Morgan fingerprint density at radius 3 is 2.86 bits per heavy atom. The summed E-state index contributed by atoms with van der Waals surface area (Å²) in [6.45, 7) is 2.13. The summed E-state index contributed by atoms with van der Waals surface area (Å²) in [5.41, 5.74) is 6.71. The highest BCUT2D eigenvalue weighted by atomic mass is 32.2. The largest absolute Gasteiger partial charge is 0.365 e. The molecule has 2 aromatic heterocycles. The van der Waals surface area contributed by atoms with Gasteiger partial charge in [0.25, 0.3) is 5.91 Å². The lowest BCUT2D eigenvalue weighted by Gasteiger charge is -2.18. The lowest BCUT2D eigenvalue weighted by atomic mass is 9.96. The Hall–Kier alpha value is -2.36. The second-order valence-electron chi connectivity index (χ2n) is 6.82. The van der Waals surface area contributed by atoms with Gasteiger partial charge in [0.2, 0.25) is 10.0 Å². The van der Waals surface area contributed by atoms with Crippen LogP contribution in [-0.4, -0.2) is 36.7 Å². The molecule has 1 aliphatic heterocycles. The number of sulfonamides is 1. The van der Waals surface area contributed by atoms with E-state index in [1.165, 1.54) is 27.8 Å². The Morgan fingerprint density at radius 1 is 1.36 bits per heavy atom. The van der Waals surface area contributed by atoms with Crippen molar-refractivity contribution >= 4 is 37.5 Å². The minimum atomic E-state index is -3.76. The molecule has 1 atom stereocenters. The fourth-order valence-electron chi connectivity index (χ4n) is 3.76. The third-order valence-corrected chi connectivity index (χ3v) is 8.21. The number of hydrogen-bond acceptors (Lipinski definition) is 5. The van der Waals surface area contributed by atoms with Crippen LogP contribution in [0.15, 0.2) is 41.4 Å². The number of nitrogens with zero attached hydrogens (tertiary/aromatic N) is 2. The van der Waals surface area contributed by atoms with Crippen molar-refractivity contribution in [2.24, 2.45) is 5.73 Å². The van der Waals surface area contributed by atoms with Crippen LogP contribution >= 0.6 is 11.3 Å². The van der Waals surface area contributed by atoms with Gasteiger partial charge in [0, 0.05) is 30.6 Å². The van der Waals surface area contributed by atoms with Crippen molar-refractivity contribution in [3.05, 3.63) is 58.3 Å². The molecule has 4 rings (SSSR count). The Balaban J connectivity index is 1.71. The standard InChI is InChI=1S/C19H18FN3O3S2/c1-11-9-13(20)4-5-15(11)28(25,26)23-8-6-12(10-23)16-14-3-2-7-22-19(14)27-17(16)18(21)24/h2-5,7,9,12H,6,8,10H2,1H3,(H2,21,24)/t12-/m1/s1. The first-order valence-electron chi connectivity index (χ1n) is 8.72. The van der Waals surface area contributed by atoms with E-state index >= 15 is 0 Å². The molecule has 0 bridgehead atoms. The van der Waals surface area contributed by atoms with Crippen molar-refractivity contribution in [3.8, 4) is 0 Å². The Kier molecular flexibility index (Phi) is 4.68. The summed E-state index contributed by atoms with van der Waals surface area (Å²) in [5, 5.41) is 0.837. The van der Waals surface area contributed by atoms with Crippen LogP contribution < -0.4 is 5.73 Å². The van der Waals surface area contributed by atoms with Crippen LogP contribution in [0, 0.1) is 12.7 Å². The van der Waals surface area contributed by atoms with Crippen LogP contribution in [0.1, 0.15) is 33.1 Å². The van der Waals surface area contributed by atoms with E-state index in [-0.39, 0.29) is 17.4 Å². The fourth-order valence-corrected chi connectivity index (χ4v) is 6.55. The molecule has 1 aromatic carbocycles. The molecule has 1 saturated heterocycles. The van der Waals surface area contributed by atoms with Crippen LogP contribution in [0.4, 0.5) is 4.39 Å². The number of aromatic nitrogens is 1. The highest BCUT2D eigenvalue weighted by Gasteiger charge is 2.36. The molecular weight excluding hydrogens is 401 g/mol. The zero-order chi connectivity index (χ0) is 20.1. The second kappa shape index (κ2) is 6.91. The van der Waals surface area contributed by atoms with Crippen molar-refractivity contribution in [3.63, 3.8) is 0 Å². The molecular formula is C19H18FN3O3S2. The number of nitrogens with two attached hydrogens (primary N) is 1. The zero-order valence-corrected chi connectivity index (χ0v) is 16.7. The smallest absolute Gasteiger partial charge is 0.259 e. The fraction of sp³-hybridized carbons (Fsp3) is 0.263. The number of rotatable bonds is 4. The number of fused-ring (bicyclic) bond motifs is 1. The number of carbonyl (C=O) groups is 1. The quantitative estimate of drug-likeness (QED) is 0.703. The number of benzene rings is 1. The third kappa shape index (κ3) is 3.09. The first kappa shape index (κ1) is 19.0. The van der Waals surface area contributed by atoms with Gasteiger partial charge in [-0.2, -0.15) is 4.31 Å². The predicted octanol–water partition coefficient (Wildman–Crippen LogP) is 3.02. The van der Waals surface area contributed by atoms with Gasteiger partial charge in [0.1, 0.15) is 10.6 Å². The first-order chi connectivity index (χ1) is 13.3. The van der Waals surface area contributed by atoms with Crippen molar-refractivity contribution in [2.45, 2.75) is 24.2 Å². The SMILES string of the molecule is Cc1cc(F)ccc1S(=O)(=O)N1CC[C@@H](c2c(C(N)=O)sc3ncccc23)C1. The summed E-state index contributed by atoms with van der Waals surface area (Å²) < 4.78 is 40.9. The van der Waals surface area contributed by atoms with Gasteiger partial charge in [-0.1, -0.05) is 6.07 Å². The molecule has 0 aliphatic carbocycles. The van der Waals surface area contributed by atoms with E-state index in [4.69, 9.17) is 5.73 Å². The molecule has 3 aromatic rings. The molecule has 0 spiro atoms. The highest BCUT2D eigenvalue weighted by Crippen LogP contribution is 2.40. The summed E-state index contributed by atoms with van der Waals surface area (Å²) >= 11 is 1.23. The maximum atomic E-state index is 13.4. The van der Waals surface area contributed by atoms with Crippen LogP contribution in [0.2, 0.25) is 0 Å². The minimum absolute atomic E-state index is 0.0986. The van der Waals surface area contributed by atoms with Gasteiger partial charge in [-0.05, 0) is 48.7 Å². The van der Waals surface area contributed by atoms with Gasteiger partial charge in [0.15, 0.2) is 0 Å². The number of aryl methyl sites for hydroxylation is 1. The Morgan fingerprint density at radius 2 is 2.14 bits per heavy atom. The summed E-state index contributed by atoms with van der Waals surface area (Å²) in [4.78, 5) is 17.5. The summed E-state index contributed by atoms with van der Waals surface area (Å²) in [5.74, 6) is -1.16. The number of carbonyl (C=O) groups excluding carboxylic acids is 1. The number of pyridine rings is 1. The summed E-state index contributed by atoms with van der Waals surface area (Å²) in [6, 6.07) is 7.32. The van der Waals surface area contributed by atoms with Gasteiger partial charge in [0.05, 0.1) is 9.77 Å². The molecule has 0 radical (unpaired) electrons. The van der Waals surface area contributed by atoms with E-state index in [9.17, 15) is 17.6 Å². The summed E-state index contributed by atoms with van der Waals surface area (Å²) in [6.07, 6.45) is 2.22. The van der Waals surface area contributed by atoms with E-state index in [0.29, 0.717) is 28.2 Å². The maximum absolute atomic E-state index is 13.4. The molecule has 28 heavy (non-hydrogen) atoms. The van der Waals surface area contributed by atoms with E-state index in [1.807, 2.05) is 6.07 Å². The minimum Gasteiger partial charge on any atom is -0.365 e. The van der Waals surface area contributed by atoms with Crippen LogP contribution in [0.25, 0.3) is 10.2 Å². The lowest BCUT2D eigenvalue weighted by molar-refractivity contribution is 0.100. The van der Waals surface area contributed by atoms with E-state index < -0.39 is 21.7 Å². The molecule has 1 aliphatic rings.